The van der Waals surface area contributed by atoms with Gasteiger partial charge in [0.15, 0.2) is 0 Å². The number of hydrogen-bond acceptors (Lipinski definition) is 4. The molecule has 2 heterocycles. The van der Waals surface area contributed by atoms with E-state index in [4.69, 9.17) is 0 Å². The van der Waals surface area contributed by atoms with Gasteiger partial charge in [0.05, 0.1) is 11.3 Å². The molecule has 0 aromatic carbocycles. The molecule has 0 radical (unpaired) electrons. The van der Waals surface area contributed by atoms with Gasteiger partial charge in [-0.1, -0.05) is 27.7 Å². The minimum Gasteiger partial charge on any atom is -0.351 e. The van der Waals surface area contributed by atoms with Crippen LogP contribution in [0.2, 0.25) is 0 Å². The van der Waals surface area contributed by atoms with E-state index in [2.05, 4.69) is 34.3 Å². The van der Waals surface area contributed by atoms with Crippen LogP contribution in [0.5, 0.6) is 0 Å². The summed E-state index contributed by atoms with van der Waals surface area (Å²) in [4.78, 5) is 17.1. The average molecular weight is 315 g/mol. The zero-order valence-electron chi connectivity index (χ0n) is 14.5. The lowest BCUT2D eigenvalue weighted by Crippen LogP contribution is -2.29. The molecular formula is C17H25N5O. The molecule has 0 saturated carbocycles. The number of pyridine rings is 1. The third-order valence-corrected chi connectivity index (χ3v) is 3.92. The maximum atomic E-state index is 12.5. The number of aromatic nitrogens is 4. The number of rotatable bonds is 6. The summed E-state index contributed by atoms with van der Waals surface area (Å²) >= 11 is 0. The highest BCUT2D eigenvalue weighted by molar-refractivity contribution is 5.95. The number of hydrogen-bond donors (Lipinski definition) is 1. The van der Waals surface area contributed by atoms with Crippen molar-refractivity contribution in [2.75, 3.05) is 6.54 Å². The maximum absolute atomic E-state index is 12.5. The van der Waals surface area contributed by atoms with E-state index in [0.29, 0.717) is 18.0 Å². The SMILES string of the molecule is CCc1nc(C(C)C)ccc1C(=O)NC[C@H](C)c1nncn1C. The lowest BCUT2D eigenvalue weighted by atomic mass is 10.0. The molecule has 0 aliphatic rings. The molecule has 0 bridgehead atoms. The number of nitrogens with zero attached hydrogens (tertiary/aromatic N) is 4. The maximum Gasteiger partial charge on any atom is 0.253 e. The normalized spacial score (nSPS) is 12.4. The third kappa shape index (κ3) is 3.94. The van der Waals surface area contributed by atoms with Gasteiger partial charge in [-0.05, 0) is 24.5 Å². The molecule has 2 aromatic rings. The third-order valence-electron chi connectivity index (χ3n) is 3.92. The van der Waals surface area contributed by atoms with E-state index < -0.39 is 0 Å². The number of nitrogens with one attached hydrogen (secondary N) is 1. The van der Waals surface area contributed by atoms with Gasteiger partial charge in [0.2, 0.25) is 0 Å². The zero-order chi connectivity index (χ0) is 17.0. The van der Waals surface area contributed by atoms with Gasteiger partial charge in [-0.3, -0.25) is 9.78 Å². The molecule has 1 atom stereocenters. The molecule has 0 aliphatic heterocycles. The highest BCUT2D eigenvalue weighted by Gasteiger charge is 2.16. The Kier molecular flexibility index (Phi) is 5.47. The predicted octanol–water partition coefficient (Wildman–Crippen LogP) is 2.43. The molecule has 2 rings (SSSR count). The van der Waals surface area contributed by atoms with E-state index in [1.54, 1.807) is 6.33 Å². The molecule has 124 valence electrons. The van der Waals surface area contributed by atoms with Crippen molar-refractivity contribution < 1.29 is 4.79 Å². The first-order valence-corrected chi connectivity index (χ1v) is 8.05. The summed E-state index contributed by atoms with van der Waals surface area (Å²) in [5, 5.41) is 10.9. The van der Waals surface area contributed by atoms with Crippen molar-refractivity contribution in [1.29, 1.82) is 0 Å². The van der Waals surface area contributed by atoms with Crippen molar-refractivity contribution in [1.82, 2.24) is 25.1 Å². The van der Waals surface area contributed by atoms with Gasteiger partial charge in [0, 0.05) is 25.2 Å². The van der Waals surface area contributed by atoms with Crippen LogP contribution in [0.15, 0.2) is 18.5 Å². The van der Waals surface area contributed by atoms with Crippen molar-refractivity contribution in [3.63, 3.8) is 0 Å². The highest BCUT2D eigenvalue weighted by atomic mass is 16.1. The Morgan fingerprint density at radius 3 is 2.61 bits per heavy atom. The van der Waals surface area contributed by atoms with Crippen molar-refractivity contribution in [3.8, 4) is 0 Å². The molecule has 23 heavy (non-hydrogen) atoms. The Morgan fingerprint density at radius 1 is 1.30 bits per heavy atom. The van der Waals surface area contributed by atoms with Crippen LogP contribution in [-0.4, -0.2) is 32.2 Å². The highest BCUT2D eigenvalue weighted by Crippen LogP contribution is 2.16. The number of carbonyl (C=O) groups is 1. The Balaban J connectivity index is 2.07. The van der Waals surface area contributed by atoms with Crippen LogP contribution in [0.3, 0.4) is 0 Å². The van der Waals surface area contributed by atoms with Gasteiger partial charge in [-0.15, -0.1) is 10.2 Å². The quantitative estimate of drug-likeness (QED) is 0.888. The van der Waals surface area contributed by atoms with E-state index in [9.17, 15) is 4.79 Å². The first-order chi connectivity index (χ1) is 10.9. The largest absolute Gasteiger partial charge is 0.351 e. The van der Waals surface area contributed by atoms with Crippen LogP contribution in [0.4, 0.5) is 0 Å². The van der Waals surface area contributed by atoms with Gasteiger partial charge in [0.25, 0.3) is 5.91 Å². The molecular weight excluding hydrogens is 290 g/mol. The molecule has 0 fully saturated rings. The first kappa shape index (κ1) is 17.1. The summed E-state index contributed by atoms with van der Waals surface area (Å²) in [5.74, 6) is 1.22. The molecule has 0 spiro atoms. The van der Waals surface area contributed by atoms with E-state index in [1.165, 1.54) is 0 Å². The van der Waals surface area contributed by atoms with Crippen LogP contribution in [0.25, 0.3) is 0 Å². The van der Waals surface area contributed by atoms with E-state index >= 15 is 0 Å². The molecule has 0 unspecified atom stereocenters. The van der Waals surface area contributed by atoms with E-state index in [0.717, 1.165) is 23.6 Å². The first-order valence-electron chi connectivity index (χ1n) is 8.05. The van der Waals surface area contributed by atoms with Crippen molar-refractivity contribution >= 4 is 5.91 Å². The molecule has 0 saturated heterocycles. The van der Waals surface area contributed by atoms with Crippen LogP contribution in [-0.2, 0) is 13.5 Å². The second kappa shape index (κ2) is 7.35. The fraction of sp³-hybridized carbons (Fsp3) is 0.529. The zero-order valence-corrected chi connectivity index (χ0v) is 14.5. The summed E-state index contributed by atoms with van der Waals surface area (Å²) in [5.41, 5.74) is 2.52. The number of aryl methyl sites for hydroxylation is 2. The number of amides is 1. The van der Waals surface area contributed by atoms with Crippen molar-refractivity contribution in [2.24, 2.45) is 7.05 Å². The van der Waals surface area contributed by atoms with Crippen molar-refractivity contribution in [3.05, 3.63) is 41.2 Å². The molecule has 2 aromatic heterocycles. The fourth-order valence-electron chi connectivity index (χ4n) is 2.49. The predicted molar refractivity (Wildman–Crippen MR) is 89.5 cm³/mol. The summed E-state index contributed by atoms with van der Waals surface area (Å²) in [6, 6.07) is 3.81. The molecule has 6 nitrogen and oxygen atoms in total. The van der Waals surface area contributed by atoms with Gasteiger partial charge in [0.1, 0.15) is 12.2 Å². The lowest BCUT2D eigenvalue weighted by molar-refractivity contribution is 0.0950. The van der Waals surface area contributed by atoms with Crippen LogP contribution < -0.4 is 5.32 Å². The lowest BCUT2D eigenvalue weighted by Gasteiger charge is -2.14. The van der Waals surface area contributed by atoms with Crippen LogP contribution in [0, 0.1) is 0 Å². The molecule has 1 amide bonds. The Hall–Kier alpha value is -2.24. The van der Waals surface area contributed by atoms with Crippen LogP contribution >= 0.6 is 0 Å². The molecule has 0 aliphatic carbocycles. The summed E-state index contributed by atoms with van der Waals surface area (Å²) in [6.45, 7) is 8.76. The van der Waals surface area contributed by atoms with E-state index in [1.807, 2.05) is 37.6 Å². The monoisotopic (exact) mass is 315 g/mol. The summed E-state index contributed by atoms with van der Waals surface area (Å²) in [7, 11) is 1.90. The fourth-order valence-corrected chi connectivity index (χ4v) is 2.49. The molecule has 1 N–H and O–H groups in total. The Morgan fingerprint density at radius 2 is 2.04 bits per heavy atom. The summed E-state index contributed by atoms with van der Waals surface area (Å²) < 4.78 is 1.87. The average Bonchev–Trinajstić information content (AvgIpc) is 2.97. The topological polar surface area (TPSA) is 72.7 Å². The van der Waals surface area contributed by atoms with Gasteiger partial charge >= 0.3 is 0 Å². The van der Waals surface area contributed by atoms with Gasteiger partial charge < -0.3 is 9.88 Å². The minimum atomic E-state index is -0.0846. The molecule has 6 heteroatoms. The standard InChI is InChI=1S/C17H25N5O/c1-6-14-13(7-8-15(20-14)11(2)3)17(23)18-9-12(4)16-21-19-10-22(16)5/h7-8,10-12H,6,9H2,1-5H3,(H,18,23)/t12-/m0/s1. The Labute approximate surface area is 137 Å². The minimum absolute atomic E-state index is 0.0846. The summed E-state index contributed by atoms with van der Waals surface area (Å²) in [6.07, 6.45) is 2.40. The van der Waals surface area contributed by atoms with Gasteiger partial charge in [-0.2, -0.15) is 0 Å². The smallest absolute Gasteiger partial charge is 0.253 e. The van der Waals surface area contributed by atoms with E-state index in [-0.39, 0.29) is 11.8 Å². The van der Waals surface area contributed by atoms with Crippen LogP contribution in [0.1, 0.15) is 67.1 Å². The van der Waals surface area contributed by atoms with Gasteiger partial charge in [-0.25, -0.2) is 0 Å². The van der Waals surface area contributed by atoms with Crippen molar-refractivity contribution in [2.45, 2.75) is 46.0 Å². The number of carbonyl (C=O) groups excluding carboxylic acids is 1. The Bertz CT molecular complexity index is 677. The second-order valence-electron chi connectivity index (χ2n) is 6.15. The second-order valence-corrected chi connectivity index (χ2v) is 6.15.